The smallest absolute Gasteiger partial charge is 0.185 e. The van der Waals surface area contributed by atoms with Crippen LogP contribution in [0.4, 0.5) is 5.13 Å². The molecule has 0 aliphatic carbocycles. The van der Waals surface area contributed by atoms with E-state index in [1.54, 1.807) is 18.4 Å². The summed E-state index contributed by atoms with van der Waals surface area (Å²) in [6.07, 6.45) is 0. The van der Waals surface area contributed by atoms with Crippen LogP contribution in [0.5, 0.6) is 0 Å². The zero-order chi connectivity index (χ0) is 13.7. The van der Waals surface area contributed by atoms with Gasteiger partial charge in [0.25, 0.3) is 0 Å². The van der Waals surface area contributed by atoms with Gasteiger partial charge in [0.1, 0.15) is 0 Å². The van der Waals surface area contributed by atoms with Gasteiger partial charge >= 0.3 is 0 Å². The maximum Gasteiger partial charge on any atom is 0.185 e. The number of ether oxygens (including phenoxy) is 1. The number of hydrogen-bond acceptors (Lipinski definition) is 6. The van der Waals surface area contributed by atoms with E-state index in [4.69, 9.17) is 9.72 Å². The van der Waals surface area contributed by atoms with Gasteiger partial charge in [-0.1, -0.05) is 13.8 Å². The van der Waals surface area contributed by atoms with Gasteiger partial charge in [0.05, 0.1) is 12.3 Å². The predicted octanol–water partition coefficient (Wildman–Crippen LogP) is 2.21. The molecule has 19 heavy (non-hydrogen) atoms. The summed E-state index contributed by atoms with van der Waals surface area (Å²) in [5.74, 6) is 0. The van der Waals surface area contributed by atoms with Gasteiger partial charge in [-0.15, -0.1) is 11.3 Å². The second-order valence-corrected chi connectivity index (χ2v) is 7.67. The quantitative estimate of drug-likeness (QED) is 0.816. The van der Waals surface area contributed by atoms with E-state index in [0.29, 0.717) is 10.5 Å². The second kappa shape index (κ2) is 7.47. The molecule has 2 atom stereocenters. The molecule has 2 heterocycles. The zero-order valence-corrected chi connectivity index (χ0v) is 13.5. The molecule has 0 saturated carbocycles. The normalized spacial score (nSPS) is 23.8. The first-order valence-electron chi connectivity index (χ1n) is 6.73. The fourth-order valence-electron chi connectivity index (χ4n) is 2.25. The highest BCUT2D eigenvalue weighted by molar-refractivity contribution is 8.00. The molecule has 2 rings (SSSR count). The van der Waals surface area contributed by atoms with E-state index >= 15 is 0 Å². The molecule has 1 fully saturated rings. The molecule has 1 aliphatic rings. The van der Waals surface area contributed by atoms with Gasteiger partial charge in [0.15, 0.2) is 5.13 Å². The summed E-state index contributed by atoms with van der Waals surface area (Å²) in [7, 11) is 1.72. The van der Waals surface area contributed by atoms with Crippen molar-refractivity contribution in [3.63, 3.8) is 0 Å². The molecular formula is C13H23N3OS2. The van der Waals surface area contributed by atoms with Crippen LogP contribution in [-0.4, -0.2) is 48.8 Å². The largest absolute Gasteiger partial charge is 0.383 e. The Morgan fingerprint density at radius 1 is 1.42 bits per heavy atom. The van der Waals surface area contributed by atoms with Crippen LogP contribution in [0.15, 0.2) is 5.38 Å². The summed E-state index contributed by atoms with van der Waals surface area (Å²) >= 11 is 3.83. The summed E-state index contributed by atoms with van der Waals surface area (Å²) in [5.41, 5.74) is 1.13. The van der Waals surface area contributed by atoms with Crippen LogP contribution < -0.4 is 10.2 Å². The SMILES string of the molecule is COCCNCc1csc(N2CC(C)SC(C)C2)n1. The number of thiazole rings is 1. The molecule has 0 radical (unpaired) electrons. The number of thioether (sulfide) groups is 1. The van der Waals surface area contributed by atoms with E-state index in [9.17, 15) is 0 Å². The van der Waals surface area contributed by atoms with Gasteiger partial charge in [0, 0.05) is 49.2 Å². The van der Waals surface area contributed by atoms with E-state index in [1.807, 2.05) is 0 Å². The Kier molecular flexibility index (Phi) is 5.94. The number of nitrogens with zero attached hydrogens (tertiary/aromatic N) is 2. The molecule has 4 nitrogen and oxygen atoms in total. The topological polar surface area (TPSA) is 37.4 Å². The molecule has 1 saturated heterocycles. The molecule has 0 bridgehead atoms. The molecule has 108 valence electrons. The van der Waals surface area contributed by atoms with Crippen LogP contribution in [0.3, 0.4) is 0 Å². The van der Waals surface area contributed by atoms with E-state index < -0.39 is 0 Å². The Labute approximate surface area is 123 Å². The number of anilines is 1. The highest BCUT2D eigenvalue weighted by Gasteiger charge is 2.24. The van der Waals surface area contributed by atoms with E-state index in [0.717, 1.165) is 38.5 Å². The Morgan fingerprint density at radius 3 is 2.84 bits per heavy atom. The zero-order valence-electron chi connectivity index (χ0n) is 11.9. The monoisotopic (exact) mass is 301 g/mol. The molecule has 0 aromatic carbocycles. The maximum atomic E-state index is 5.01. The number of methoxy groups -OCH3 is 1. The third-order valence-corrected chi connectivity index (χ3v) is 5.20. The highest BCUT2D eigenvalue weighted by Crippen LogP contribution is 2.30. The van der Waals surface area contributed by atoms with Gasteiger partial charge in [-0.25, -0.2) is 4.98 Å². The van der Waals surface area contributed by atoms with Crippen LogP contribution >= 0.6 is 23.1 Å². The lowest BCUT2D eigenvalue weighted by atomic mass is 10.3. The molecular weight excluding hydrogens is 278 g/mol. The van der Waals surface area contributed by atoms with Crippen LogP contribution in [0.1, 0.15) is 19.5 Å². The summed E-state index contributed by atoms with van der Waals surface area (Å²) in [6.45, 7) is 9.27. The van der Waals surface area contributed by atoms with Gasteiger partial charge in [-0.05, 0) is 0 Å². The molecule has 1 N–H and O–H groups in total. The van der Waals surface area contributed by atoms with Crippen LogP contribution in [-0.2, 0) is 11.3 Å². The number of nitrogens with one attached hydrogen (secondary N) is 1. The second-order valence-electron chi connectivity index (χ2n) is 4.95. The van der Waals surface area contributed by atoms with E-state index in [1.165, 1.54) is 5.13 Å². The van der Waals surface area contributed by atoms with Crippen LogP contribution in [0.25, 0.3) is 0 Å². The first kappa shape index (κ1) is 15.1. The van der Waals surface area contributed by atoms with Crippen molar-refractivity contribution in [2.24, 2.45) is 0 Å². The molecule has 0 spiro atoms. The van der Waals surface area contributed by atoms with Crippen molar-refractivity contribution in [1.29, 1.82) is 0 Å². The Hall–Kier alpha value is -0.300. The summed E-state index contributed by atoms with van der Waals surface area (Å²) in [6, 6.07) is 0. The summed E-state index contributed by atoms with van der Waals surface area (Å²) < 4.78 is 5.01. The fraction of sp³-hybridized carbons (Fsp3) is 0.769. The first-order chi connectivity index (χ1) is 9.19. The maximum absolute atomic E-state index is 5.01. The van der Waals surface area contributed by atoms with Gasteiger partial charge in [0.2, 0.25) is 0 Å². The first-order valence-corrected chi connectivity index (χ1v) is 8.55. The molecule has 0 amide bonds. The molecule has 6 heteroatoms. The van der Waals surface area contributed by atoms with Gasteiger partial charge in [-0.2, -0.15) is 11.8 Å². The number of aromatic nitrogens is 1. The molecule has 2 unspecified atom stereocenters. The van der Waals surface area contributed by atoms with Crippen molar-refractivity contribution in [1.82, 2.24) is 10.3 Å². The molecule has 1 aromatic heterocycles. The van der Waals surface area contributed by atoms with E-state index in [2.05, 4.69) is 41.2 Å². The van der Waals surface area contributed by atoms with Crippen LogP contribution in [0.2, 0.25) is 0 Å². The molecule has 1 aromatic rings. The van der Waals surface area contributed by atoms with Gasteiger partial charge < -0.3 is 15.0 Å². The summed E-state index contributed by atoms with van der Waals surface area (Å²) in [4.78, 5) is 7.16. The van der Waals surface area contributed by atoms with Crippen molar-refractivity contribution in [3.8, 4) is 0 Å². The van der Waals surface area contributed by atoms with Crippen LogP contribution in [0, 0.1) is 0 Å². The lowest BCUT2D eigenvalue weighted by Gasteiger charge is -2.34. The molecule has 1 aliphatic heterocycles. The standard InChI is InChI=1S/C13H23N3OS2/c1-10-7-16(8-11(2)19-10)13-15-12(9-18-13)6-14-4-5-17-3/h9-11,14H,4-8H2,1-3H3. The van der Waals surface area contributed by atoms with Crippen molar-refractivity contribution in [2.45, 2.75) is 30.9 Å². The minimum atomic E-state index is 0.691. The van der Waals surface area contributed by atoms with Gasteiger partial charge in [-0.3, -0.25) is 0 Å². The highest BCUT2D eigenvalue weighted by atomic mass is 32.2. The lowest BCUT2D eigenvalue weighted by molar-refractivity contribution is 0.199. The predicted molar refractivity (Wildman–Crippen MR) is 84.4 cm³/mol. The van der Waals surface area contributed by atoms with Crippen molar-refractivity contribution >= 4 is 28.2 Å². The number of hydrogen-bond donors (Lipinski definition) is 1. The van der Waals surface area contributed by atoms with Crippen molar-refractivity contribution in [3.05, 3.63) is 11.1 Å². The fourth-order valence-corrected chi connectivity index (χ4v) is 4.42. The summed E-state index contributed by atoms with van der Waals surface area (Å²) in [5, 5.41) is 8.04. The van der Waals surface area contributed by atoms with Crippen molar-refractivity contribution < 1.29 is 4.74 Å². The third kappa shape index (κ3) is 4.63. The average molecular weight is 301 g/mol. The average Bonchev–Trinajstić information content (AvgIpc) is 2.82. The number of rotatable bonds is 6. The van der Waals surface area contributed by atoms with Crippen molar-refractivity contribution in [2.75, 3.05) is 38.3 Å². The Bertz CT molecular complexity index is 376. The Balaban J connectivity index is 1.85. The minimum Gasteiger partial charge on any atom is -0.383 e. The Morgan fingerprint density at radius 2 is 2.16 bits per heavy atom. The minimum absolute atomic E-state index is 0.691. The lowest BCUT2D eigenvalue weighted by Crippen LogP contribution is -2.40. The third-order valence-electron chi connectivity index (χ3n) is 3.02. The van der Waals surface area contributed by atoms with E-state index in [-0.39, 0.29) is 0 Å².